The van der Waals surface area contributed by atoms with E-state index in [1.54, 1.807) is 31.3 Å². The number of hydrogen-bond donors (Lipinski definition) is 0. The van der Waals surface area contributed by atoms with E-state index in [0.29, 0.717) is 17.2 Å². The maximum Gasteiger partial charge on any atom is 0.242 e. The molecule has 1 aromatic rings. The van der Waals surface area contributed by atoms with E-state index in [1.165, 1.54) is 17.1 Å². The van der Waals surface area contributed by atoms with Gasteiger partial charge in [-0.1, -0.05) is 0 Å². The summed E-state index contributed by atoms with van der Waals surface area (Å²) in [5.41, 5.74) is 0. The Morgan fingerprint density at radius 2 is 1.77 bits per heavy atom. The number of likely N-dealkylation sites (tertiary alicyclic amines) is 1. The molecule has 22 heavy (non-hydrogen) atoms. The maximum atomic E-state index is 12.5. The van der Waals surface area contributed by atoms with Crippen molar-refractivity contribution in [1.29, 1.82) is 0 Å². The van der Waals surface area contributed by atoms with Crippen LogP contribution < -0.4 is 4.74 Å². The van der Waals surface area contributed by atoms with Crippen LogP contribution >= 0.6 is 0 Å². The van der Waals surface area contributed by atoms with E-state index in [9.17, 15) is 8.42 Å². The van der Waals surface area contributed by atoms with Crippen molar-refractivity contribution >= 4 is 10.0 Å². The Morgan fingerprint density at radius 1 is 1.18 bits per heavy atom. The van der Waals surface area contributed by atoms with Crippen LogP contribution in [0.5, 0.6) is 5.75 Å². The Kier molecular flexibility index (Phi) is 5.83. The van der Waals surface area contributed by atoms with E-state index < -0.39 is 10.0 Å². The molecule has 0 aromatic heterocycles. The summed E-state index contributed by atoms with van der Waals surface area (Å²) in [4.78, 5) is 2.62. The van der Waals surface area contributed by atoms with Crippen molar-refractivity contribution in [3.63, 3.8) is 0 Å². The number of benzene rings is 1. The molecule has 0 spiro atoms. The summed E-state index contributed by atoms with van der Waals surface area (Å²) in [7, 11) is -1.78. The highest BCUT2D eigenvalue weighted by molar-refractivity contribution is 7.89. The summed E-state index contributed by atoms with van der Waals surface area (Å²) in [6.07, 6.45) is 2.51. The number of likely N-dealkylation sites (N-methyl/N-ethyl adjacent to an activating group) is 1. The summed E-state index contributed by atoms with van der Waals surface area (Å²) in [6.45, 7) is 7.36. The molecular weight excluding hydrogens is 300 g/mol. The molecule has 0 atom stereocenters. The summed E-state index contributed by atoms with van der Waals surface area (Å²) in [6, 6.07) is 6.64. The molecule has 1 fully saturated rings. The lowest BCUT2D eigenvalue weighted by atomic mass is 10.3. The summed E-state index contributed by atoms with van der Waals surface area (Å²) < 4.78 is 32.1. The van der Waals surface area contributed by atoms with Gasteiger partial charge in [0.15, 0.2) is 0 Å². The van der Waals surface area contributed by atoms with Gasteiger partial charge in [-0.2, -0.15) is 4.31 Å². The first-order valence-electron chi connectivity index (χ1n) is 7.85. The predicted octanol–water partition coefficient (Wildman–Crippen LogP) is 2.19. The van der Waals surface area contributed by atoms with Gasteiger partial charge in [0.05, 0.1) is 11.0 Å². The molecule has 1 aliphatic heterocycles. The minimum atomic E-state index is -3.42. The van der Waals surface area contributed by atoms with Crippen molar-refractivity contribution in [2.24, 2.45) is 0 Å². The van der Waals surface area contributed by atoms with Crippen molar-refractivity contribution in [2.75, 3.05) is 33.2 Å². The quantitative estimate of drug-likeness (QED) is 0.771. The topological polar surface area (TPSA) is 49.9 Å². The van der Waals surface area contributed by atoms with Gasteiger partial charge in [0.1, 0.15) is 5.75 Å². The number of sulfonamides is 1. The van der Waals surface area contributed by atoms with Crippen molar-refractivity contribution in [2.45, 2.75) is 37.7 Å². The van der Waals surface area contributed by atoms with Crippen LogP contribution in [-0.2, 0) is 10.0 Å². The number of ether oxygens (including phenoxy) is 1. The molecule has 2 rings (SSSR count). The monoisotopic (exact) mass is 326 g/mol. The zero-order valence-corrected chi connectivity index (χ0v) is 14.5. The number of rotatable bonds is 7. The van der Waals surface area contributed by atoms with E-state index >= 15 is 0 Å². The highest BCUT2D eigenvalue weighted by Crippen LogP contribution is 2.19. The highest BCUT2D eigenvalue weighted by atomic mass is 32.2. The summed E-state index contributed by atoms with van der Waals surface area (Å²) in [5, 5.41) is 0. The second-order valence-electron chi connectivity index (χ2n) is 6.01. The first kappa shape index (κ1) is 17.2. The normalized spacial score (nSPS) is 16.6. The van der Waals surface area contributed by atoms with E-state index in [1.807, 2.05) is 13.8 Å². The van der Waals surface area contributed by atoms with Gasteiger partial charge in [-0.05, 0) is 64.0 Å². The van der Waals surface area contributed by atoms with E-state index in [0.717, 1.165) is 19.6 Å². The van der Waals surface area contributed by atoms with Crippen LogP contribution in [0.2, 0.25) is 0 Å². The van der Waals surface area contributed by atoms with Crippen LogP contribution in [0.3, 0.4) is 0 Å². The van der Waals surface area contributed by atoms with E-state index in [4.69, 9.17) is 4.74 Å². The zero-order chi connectivity index (χ0) is 16.2. The average Bonchev–Trinajstić information content (AvgIpc) is 2.98. The third kappa shape index (κ3) is 4.44. The van der Waals surface area contributed by atoms with Gasteiger partial charge in [-0.25, -0.2) is 8.42 Å². The SMILES string of the molecule is CC(C)Oc1ccc(S(=O)(=O)N(C)CCN2CCCC2)cc1. The van der Waals surface area contributed by atoms with Gasteiger partial charge in [0.2, 0.25) is 10.0 Å². The molecule has 6 heteroatoms. The molecule has 1 heterocycles. The molecule has 0 N–H and O–H groups in total. The van der Waals surface area contributed by atoms with Crippen LogP contribution in [-0.4, -0.2) is 57.0 Å². The molecule has 0 bridgehead atoms. The standard InChI is InChI=1S/C16H26N2O3S/c1-14(2)21-15-6-8-16(9-7-15)22(19,20)17(3)12-13-18-10-4-5-11-18/h6-9,14H,4-5,10-13H2,1-3H3. The third-order valence-electron chi connectivity index (χ3n) is 3.83. The second kappa shape index (κ2) is 7.44. The smallest absolute Gasteiger partial charge is 0.242 e. The molecule has 0 radical (unpaired) electrons. The average molecular weight is 326 g/mol. The Hall–Kier alpha value is -1.11. The molecule has 5 nitrogen and oxygen atoms in total. The minimum absolute atomic E-state index is 0.0746. The molecule has 0 saturated carbocycles. The van der Waals surface area contributed by atoms with Gasteiger partial charge in [0.25, 0.3) is 0 Å². The van der Waals surface area contributed by atoms with Gasteiger partial charge >= 0.3 is 0 Å². The third-order valence-corrected chi connectivity index (χ3v) is 5.70. The Labute approximate surface area is 133 Å². The molecule has 124 valence electrons. The molecule has 0 amide bonds. The van der Waals surface area contributed by atoms with Crippen molar-refractivity contribution < 1.29 is 13.2 Å². The van der Waals surface area contributed by atoms with Crippen LogP contribution in [0.15, 0.2) is 29.2 Å². The highest BCUT2D eigenvalue weighted by Gasteiger charge is 2.22. The lowest BCUT2D eigenvalue weighted by Crippen LogP contribution is -2.35. The fraction of sp³-hybridized carbons (Fsp3) is 0.625. The summed E-state index contributed by atoms with van der Waals surface area (Å²) in [5.74, 6) is 0.689. The second-order valence-corrected chi connectivity index (χ2v) is 8.06. The molecule has 1 aromatic carbocycles. The first-order valence-corrected chi connectivity index (χ1v) is 9.29. The van der Waals surface area contributed by atoms with Crippen molar-refractivity contribution in [1.82, 2.24) is 9.21 Å². The number of nitrogens with zero attached hydrogens (tertiary/aromatic N) is 2. The van der Waals surface area contributed by atoms with Gasteiger partial charge in [-0.15, -0.1) is 0 Å². The fourth-order valence-corrected chi connectivity index (χ4v) is 3.71. The van der Waals surface area contributed by atoms with Gasteiger partial charge < -0.3 is 9.64 Å². The lowest BCUT2D eigenvalue weighted by Gasteiger charge is -2.21. The zero-order valence-electron chi connectivity index (χ0n) is 13.7. The van der Waals surface area contributed by atoms with Crippen LogP contribution in [0.1, 0.15) is 26.7 Å². The van der Waals surface area contributed by atoms with Crippen molar-refractivity contribution in [3.8, 4) is 5.75 Å². The van der Waals surface area contributed by atoms with Gasteiger partial charge in [0, 0.05) is 20.1 Å². The van der Waals surface area contributed by atoms with Crippen LogP contribution in [0.25, 0.3) is 0 Å². The predicted molar refractivity (Wildman–Crippen MR) is 87.7 cm³/mol. The number of hydrogen-bond acceptors (Lipinski definition) is 4. The summed E-state index contributed by atoms with van der Waals surface area (Å²) >= 11 is 0. The molecule has 0 unspecified atom stereocenters. The minimum Gasteiger partial charge on any atom is -0.491 e. The van der Waals surface area contributed by atoms with E-state index in [-0.39, 0.29) is 6.10 Å². The Bertz CT molecular complexity index is 564. The van der Waals surface area contributed by atoms with Crippen LogP contribution in [0.4, 0.5) is 0 Å². The molecular formula is C16H26N2O3S. The van der Waals surface area contributed by atoms with Crippen LogP contribution in [0, 0.1) is 0 Å². The van der Waals surface area contributed by atoms with Gasteiger partial charge in [-0.3, -0.25) is 0 Å². The molecule has 1 saturated heterocycles. The Balaban J connectivity index is 1.98. The molecule has 1 aliphatic rings. The fourth-order valence-electron chi connectivity index (χ4n) is 2.55. The Morgan fingerprint density at radius 3 is 2.32 bits per heavy atom. The largest absolute Gasteiger partial charge is 0.491 e. The first-order chi connectivity index (χ1) is 10.4. The lowest BCUT2D eigenvalue weighted by molar-refractivity contribution is 0.242. The molecule has 0 aliphatic carbocycles. The van der Waals surface area contributed by atoms with Crippen molar-refractivity contribution in [3.05, 3.63) is 24.3 Å². The maximum absolute atomic E-state index is 12.5. The van der Waals surface area contributed by atoms with E-state index in [2.05, 4.69) is 4.90 Å².